The first-order chi connectivity index (χ1) is 10.9. The summed E-state index contributed by atoms with van der Waals surface area (Å²) < 4.78 is 1.24. The fourth-order valence-electron chi connectivity index (χ4n) is 2.15. The summed E-state index contributed by atoms with van der Waals surface area (Å²) in [4.78, 5) is 29.8. The highest BCUT2D eigenvalue weighted by atomic mass is 32.1. The number of hydrogen-bond donors (Lipinski definition) is 0. The highest BCUT2D eigenvalue weighted by Crippen LogP contribution is 2.21. The van der Waals surface area contributed by atoms with Gasteiger partial charge in [-0.25, -0.2) is 9.67 Å². The molecule has 0 saturated carbocycles. The number of anilines is 1. The van der Waals surface area contributed by atoms with Crippen molar-refractivity contribution in [2.24, 2.45) is 0 Å². The van der Waals surface area contributed by atoms with Gasteiger partial charge in [0.2, 0.25) is 5.91 Å². The third-order valence-electron chi connectivity index (χ3n) is 3.53. The Morgan fingerprint density at radius 2 is 2.17 bits per heavy atom. The normalized spacial score (nSPS) is 10.4. The van der Waals surface area contributed by atoms with Gasteiger partial charge in [0.25, 0.3) is 5.56 Å². The average molecular weight is 331 g/mol. The van der Waals surface area contributed by atoms with E-state index in [4.69, 9.17) is 5.26 Å². The Labute approximate surface area is 137 Å². The Morgan fingerprint density at radius 1 is 1.48 bits per heavy atom. The van der Waals surface area contributed by atoms with Crippen molar-refractivity contribution in [3.8, 4) is 6.07 Å². The van der Waals surface area contributed by atoms with Gasteiger partial charge in [-0.1, -0.05) is 0 Å². The molecule has 0 aliphatic carbocycles. The zero-order chi connectivity index (χ0) is 17.1. The van der Waals surface area contributed by atoms with Crippen molar-refractivity contribution in [3.05, 3.63) is 38.2 Å². The van der Waals surface area contributed by atoms with Gasteiger partial charge in [-0.2, -0.15) is 10.4 Å². The van der Waals surface area contributed by atoms with Crippen molar-refractivity contribution in [3.63, 3.8) is 0 Å². The molecule has 7 nitrogen and oxygen atoms in total. The van der Waals surface area contributed by atoms with E-state index in [9.17, 15) is 9.59 Å². The minimum Gasteiger partial charge on any atom is -0.289 e. The summed E-state index contributed by atoms with van der Waals surface area (Å²) in [6.07, 6.45) is 0. The molecule has 2 rings (SSSR count). The summed E-state index contributed by atoms with van der Waals surface area (Å²) in [6, 6.07) is 1.93. The van der Waals surface area contributed by atoms with Gasteiger partial charge >= 0.3 is 0 Å². The van der Waals surface area contributed by atoms with Crippen molar-refractivity contribution in [2.75, 3.05) is 11.4 Å². The summed E-state index contributed by atoms with van der Waals surface area (Å²) in [6.45, 7) is 7.52. The second-order valence-corrected chi connectivity index (χ2v) is 5.88. The number of aryl methyl sites for hydroxylation is 1. The molecule has 0 saturated heterocycles. The van der Waals surface area contributed by atoms with Crippen LogP contribution in [0.1, 0.15) is 36.4 Å². The molecule has 2 aromatic rings. The van der Waals surface area contributed by atoms with Gasteiger partial charge in [-0.3, -0.25) is 14.5 Å². The van der Waals surface area contributed by atoms with E-state index in [0.29, 0.717) is 28.6 Å². The molecule has 2 aromatic heterocycles. The summed E-state index contributed by atoms with van der Waals surface area (Å²) >= 11 is 1.34. The predicted octanol–water partition coefficient (Wildman–Crippen LogP) is 1.61. The largest absolute Gasteiger partial charge is 0.289 e. The number of hydrogen-bond acceptors (Lipinski definition) is 6. The van der Waals surface area contributed by atoms with E-state index in [1.54, 1.807) is 24.1 Å². The van der Waals surface area contributed by atoms with E-state index in [2.05, 4.69) is 10.1 Å². The first kappa shape index (κ1) is 16.8. The summed E-state index contributed by atoms with van der Waals surface area (Å²) in [5.41, 5.74) is 1.54. The Bertz CT molecular complexity index is 847. The number of aromatic nitrogens is 3. The van der Waals surface area contributed by atoms with Crippen molar-refractivity contribution < 1.29 is 4.79 Å². The van der Waals surface area contributed by atoms with Crippen molar-refractivity contribution in [1.29, 1.82) is 5.26 Å². The van der Waals surface area contributed by atoms with E-state index in [0.717, 1.165) is 0 Å². The van der Waals surface area contributed by atoms with Crippen LogP contribution in [0.15, 0.2) is 10.2 Å². The molecular formula is C15H17N5O2S. The molecule has 23 heavy (non-hydrogen) atoms. The van der Waals surface area contributed by atoms with Gasteiger partial charge in [-0.15, -0.1) is 11.3 Å². The van der Waals surface area contributed by atoms with Gasteiger partial charge in [0.1, 0.15) is 11.6 Å². The lowest BCUT2D eigenvalue weighted by Crippen LogP contribution is -2.29. The first-order valence-corrected chi connectivity index (χ1v) is 7.97. The van der Waals surface area contributed by atoms with E-state index in [1.807, 2.05) is 13.0 Å². The molecular weight excluding hydrogens is 314 g/mol. The highest BCUT2D eigenvalue weighted by Gasteiger charge is 2.16. The molecule has 8 heteroatoms. The quantitative estimate of drug-likeness (QED) is 0.848. The van der Waals surface area contributed by atoms with E-state index < -0.39 is 5.56 Å². The lowest BCUT2D eigenvalue weighted by Gasteiger charge is -2.14. The molecule has 0 aliphatic heterocycles. The summed E-state index contributed by atoms with van der Waals surface area (Å²) in [7, 11) is 0. The van der Waals surface area contributed by atoms with Crippen LogP contribution in [-0.4, -0.2) is 27.2 Å². The van der Waals surface area contributed by atoms with Gasteiger partial charge in [0.05, 0.1) is 17.9 Å². The Hall–Kier alpha value is -2.53. The van der Waals surface area contributed by atoms with Gasteiger partial charge in [-0.05, 0) is 26.3 Å². The molecule has 0 radical (unpaired) electrons. The molecule has 0 N–H and O–H groups in total. The smallest absolute Gasteiger partial charge is 0.285 e. The minimum atomic E-state index is -0.427. The summed E-state index contributed by atoms with van der Waals surface area (Å²) in [5, 5.41) is 15.7. The topological polar surface area (TPSA) is 91.9 Å². The van der Waals surface area contributed by atoms with Crippen LogP contribution in [0.3, 0.4) is 0 Å². The maximum atomic E-state index is 12.3. The van der Waals surface area contributed by atoms with Crippen LogP contribution < -0.4 is 10.5 Å². The number of nitriles is 1. The monoisotopic (exact) mass is 331 g/mol. The first-order valence-electron chi connectivity index (χ1n) is 7.10. The van der Waals surface area contributed by atoms with Crippen LogP contribution in [0.5, 0.6) is 0 Å². The molecule has 0 spiro atoms. The van der Waals surface area contributed by atoms with Gasteiger partial charge in [0, 0.05) is 18.8 Å². The van der Waals surface area contributed by atoms with E-state index >= 15 is 0 Å². The molecule has 1 amide bonds. The van der Waals surface area contributed by atoms with E-state index in [1.165, 1.54) is 22.9 Å². The zero-order valence-corrected chi connectivity index (χ0v) is 14.3. The SMILES string of the molecule is CCN(C(C)=O)c1nc(Cn2nc(C)c(C)c(C#N)c2=O)cs1. The van der Waals surface area contributed by atoms with Gasteiger partial charge in [0.15, 0.2) is 5.13 Å². The molecule has 0 atom stereocenters. The second-order valence-electron chi connectivity index (χ2n) is 5.04. The lowest BCUT2D eigenvalue weighted by atomic mass is 10.1. The highest BCUT2D eigenvalue weighted by molar-refractivity contribution is 7.14. The second kappa shape index (κ2) is 6.71. The molecule has 0 bridgehead atoms. The Balaban J connectivity index is 2.37. The van der Waals surface area contributed by atoms with Gasteiger partial charge < -0.3 is 0 Å². The van der Waals surface area contributed by atoms with E-state index in [-0.39, 0.29) is 18.0 Å². The van der Waals surface area contributed by atoms with Crippen molar-refractivity contribution >= 4 is 22.4 Å². The Morgan fingerprint density at radius 3 is 2.74 bits per heavy atom. The van der Waals surface area contributed by atoms with Crippen LogP contribution in [0.4, 0.5) is 5.13 Å². The number of carbonyl (C=O) groups is 1. The van der Waals surface area contributed by atoms with Crippen LogP contribution in [0, 0.1) is 25.2 Å². The number of thiazole rings is 1. The zero-order valence-electron chi connectivity index (χ0n) is 13.5. The standard InChI is InChI=1S/C15H17N5O2S/c1-5-19(11(4)21)15-17-12(8-23-15)7-20-14(22)13(6-16)9(2)10(3)18-20/h8H,5,7H2,1-4H3. The molecule has 2 heterocycles. The minimum absolute atomic E-state index is 0.0818. The Kier molecular flexibility index (Phi) is 4.91. The molecule has 0 aliphatic rings. The fourth-order valence-corrected chi connectivity index (χ4v) is 3.07. The van der Waals surface area contributed by atoms with Crippen LogP contribution in [0.25, 0.3) is 0 Å². The van der Waals surface area contributed by atoms with Crippen molar-refractivity contribution in [1.82, 2.24) is 14.8 Å². The average Bonchev–Trinajstić information content (AvgIpc) is 2.94. The molecule has 0 aromatic carbocycles. The predicted molar refractivity (Wildman–Crippen MR) is 87.6 cm³/mol. The third-order valence-corrected chi connectivity index (χ3v) is 4.44. The summed E-state index contributed by atoms with van der Waals surface area (Å²) in [5.74, 6) is -0.0818. The molecule has 0 unspecified atom stereocenters. The maximum Gasteiger partial charge on any atom is 0.285 e. The number of rotatable bonds is 4. The van der Waals surface area contributed by atoms with Crippen molar-refractivity contribution in [2.45, 2.75) is 34.2 Å². The van der Waals surface area contributed by atoms with Crippen LogP contribution in [0.2, 0.25) is 0 Å². The molecule has 0 fully saturated rings. The number of amides is 1. The maximum absolute atomic E-state index is 12.3. The van der Waals surface area contributed by atoms with Crippen LogP contribution >= 0.6 is 11.3 Å². The number of carbonyl (C=O) groups excluding carboxylic acids is 1. The lowest BCUT2D eigenvalue weighted by molar-refractivity contribution is -0.116. The third kappa shape index (κ3) is 3.29. The van der Waals surface area contributed by atoms with Crippen LogP contribution in [-0.2, 0) is 11.3 Å². The number of nitrogens with zero attached hydrogens (tertiary/aromatic N) is 5. The molecule has 120 valence electrons. The fraction of sp³-hybridized carbons (Fsp3) is 0.400.